The second-order valence-corrected chi connectivity index (χ2v) is 9.52. The molecule has 1 saturated heterocycles. The Morgan fingerprint density at radius 2 is 1.85 bits per heavy atom. The lowest BCUT2D eigenvalue weighted by atomic mass is 10.2. The normalized spacial score (nSPS) is 14.7. The molecular formula is C22H20ClN3O6S. The second-order valence-electron chi connectivity index (χ2n) is 7.17. The molecule has 0 aliphatic carbocycles. The molecule has 1 aliphatic heterocycles. The third-order valence-corrected chi connectivity index (χ3v) is 7.19. The van der Waals surface area contributed by atoms with Gasteiger partial charge in [-0.1, -0.05) is 35.9 Å². The SMILES string of the molecule is O=C(COC(=O)c1ccc2ccccc2n1)Nc1cc(S(=O)(=O)N2CCOCC2)ccc1Cl. The first-order chi connectivity index (χ1) is 15.8. The van der Waals surface area contributed by atoms with E-state index in [1.807, 2.05) is 12.1 Å². The van der Waals surface area contributed by atoms with Crippen LogP contribution in [0.25, 0.3) is 10.9 Å². The van der Waals surface area contributed by atoms with E-state index in [-0.39, 0.29) is 34.4 Å². The lowest BCUT2D eigenvalue weighted by Crippen LogP contribution is -2.40. The maximum absolute atomic E-state index is 12.8. The number of morpholine rings is 1. The summed E-state index contributed by atoms with van der Waals surface area (Å²) in [6.07, 6.45) is 0. The summed E-state index contributed by atoms with van der Waals surface area (Å²) in [5, 5.41) is 3.50. The maximum atomic E-state index is 12.8. The van der Waals surface area contributed by atoms with Crippen molar-refractivity contribution in [3.63, 3.8) is 0 Å². The van der Waals surface area contributed by atoms with Crippen molar-refractivity contribution in [1.82, 2.24) is 9.29 Å². The van der Waals surface area contributed by atoms with Crippen LogP contribution in [0.2, 0.25) is 5.02 Å². The number of hydrogen-bond acceptors (Lipinski definition) is 7. The first-order valence-electron chi connectivity index (χ1n) is 10.0. The Bertz CT molecular complexity index is 1310. The molecule has 0 atom stereocenters. The number of para-hydroxylation sites is 1. The highest BCUT2D eigenvalue weighted by atomic mass is 35.5. The molecule has 9 nitrogen and oxygen atoms in total. The van der Waals surface area contributed by atoms with Gasteiger partial charge in [-0.15, -0.1) is 0 Å². The minimum absolute atomic E-state index is 0.0125. The van der Waals surface area contributed by atoms with Crippen molar-refractivity contribution in [3.05, 3.63) is 65.3 Å². The Hall–Kier alpha value is -3.05. The fourth-order valence-corrected chi connectivity index (χ4v) is 4.87. The fraction of sp³-hybridized carbons (Fsp3) is 0.227. The number of amides is 1. The first-order valence-corrected chi connectivity index (χ1v) is 11.9. The standard InChI is InChI=1S/C22H20ClN3O6S/c23-17-7-6-16(33(29,30)26-9-11-31-12-10-26)13-20(17)25-21(27)14-32-22(28)19-8-5-15-3-1-2-4-18(15)24-19/h1-8,13H,9-12,14H2,(H,25,27). The van der Waals surface area contributed by atoms with Crippen molar-refractivity contribution < 1.29 is 27.5 Å². The van der Waals surface area contributed by atoms with Gasteiger partial charge >= 0.3 is 5.97 Å². The van der Waals surface area contributed by atoms with Crippen molar-refractivity contribution in [2.45, 2.75) is 4.90 Å². The van der Waals surface area contributed by atoms with Crippen LogP contribution in [0.1, 0.15) is 10.5 Å². The van der Waals surface area contributed by atoms with Crippen LogP contribution in [0.4, 0.5) is 5.69 Å². The molecule has 3 aromatic rings. The van der Waals surface area contributed by atoms with Gasteiger partial charge in [-0.3, -0.25) is 4.79 Å². The van der Waals surface area contributed by atoms with Gasteiger partial charge in [-0.05, 0) is 30.3 Å². The third-order valence-electron chi connectivity index (χ3n) is 4.96. The summed E-state index contributed by atoms with van der Waals surface area (Å²) in [5.41, 5.74) is 0.787. The average Bonchev–Trinajstić information content (AvgIpc) is 2.84. The minimum Gasteiger partial charge on any atom is -0.451 e. The molecule has 1 aromatic heterocycles. The number of benzene rings is 2. The van der Waals surface area contributed by atoms with Crippen LogP contribution in [0.3, 0.4) is 0 Å². The Morgan fingerprint density at radius 1 is 1.09 bits per heavy atom. The summed E-state index contributed by atoms with van der Waals surface area (Å²) in [7, 11) is -3.77. The van der Waals surface area contributed by atoms with Gasteiger partial charge in [0.2, 0.25) is 10.0 Å². The largest absolute Gasteiger partial charge is 0.451 e. The van der Waals surface area contributed by atoms with Gasteiger partial charge in [0, 0.05) is 18.5 Å². The summed E-state index contributed by atoms with van der Waals surface area (Å²) in [4.78, 5) is 28.8. The zero-order chi connectivity index (χ0) is 23.4. The van der Waals surface area contributed by atoms with E-state index < -0.39 is 28.5 Å². The van der Waals surface area contributed by atoms with E-state index in [9.17, 15) is 18.0 Å². The van der Waals surface area contributed by atoms with E-state index >= 15 is 0 Å². The Morgan fingerprint density at radius 3 is 2.64 bits per heavy atom. The number of carbonyl (C=O) groups excluding carboxylic acids is 2. The summed E-state index contributed by atoms with van der Waals surface area (Å²) >= 11 is 6.13. The zero-order valence-electron chi connectivity index (χ0n) is 17.4. The summed E-state index contributed by atoms with van der Waals surface area (Å²) in [6.45, 7) is 0.516. The summed E-state index contributed by atoms with van der Waals surface area (Å²) in [6, 6.07) is 14.6. The number of hydrogen-bond donors (Lipinski definition) is 1. The molecule has 1 N–H and O–H groups in total. The average molecular weight is 490 g/mol. The van der Waals surface area contributed by atoms with Crippen molar-refractivity contribution >= 4 is 50.1 Å². The first kappa shape index (κ1) is 23.1. The van der Waals surface area contributed by atoms with Crippen LogP contribution in [-0.2, 0) is 24.3 Å². The van der Waals surface area contributed by atoms with Gasteiger partial charge in [0.05, 0.1) is 34.3 Å². The number of sulfonamides is 1. The topological polar surface area (TPSA) is 115 Å². The second kappa shape index (κ2) is 9.84. The number of pyridine rings is 1. The molecule has 2 aromatic carbocycles. The molecule has 0 bridgehead atoms. The maximum Gasteiger partial charge on any atom is 0.357 e. The van der Waals surface area contributed by atoms with Crippen LogP contribution < -0.4 is 5.32 Å². The number of aromatic nitrogens is 1. The number of fused-ring (bicyclic) bond motifs is 1. The van der Waals surface area contributed by atoms with E-state index in [1.54, 1.807) is 18.2 Å². The smallest absolute Gasteiger partial charge is 0.357 e. The van der Waals surface area contributed by atoms with Crippen LogP contribution in [0, 0.1) is 0 Å². The third kappa shape index (κ3) is 5.31. The monoisotopic (exact) mass is 489 g/mol. The summed E-state index contributed by atoms with van der Waals surface area (Å²) in [5.74, 6) is -1.43. The Labute approximate surface area is 195 Å². The Kier molecular flexibility index (Phi) is 6.89. The van der Waals surface area contributed by atoms with Crippen molar-refractivity contribution in [1.29, 1.82) is 0 Å². The van der Waals surface area contributed by atoms with E-state index in [2.05, 4.69) is 10.3 Å². The van der Waals surface area contributed by atoms with Crippen LogP contribution in [0.5, 0.6) is 0 Å². The van der Waals surface area contributed by atoms with Gasteiger partial charge in [0.15, 0.2) is 6.61 Å². The molecule has 1 aliphatic rings. The molecule has 1 amide bonds. The van der Waals surface area contributed by atoms with Gasteiger partial charge in [-0.25, -0.2) is 18.2 Å². The molecule has 0 spiro atoms. The Balaban J connectivity index is 1.41. The molecule has 2 heterocycles. The predicted molar refractivity (Wildman–Crippen MR) is 122 cm³/mol. The lowest BCUT2D eigenvalue weighted by molar-refractivity contribution is -0.119. The molecule has 1 fully saturated rings. The van der Waals surface area contributed by atoms with Crippen LogP contribution in [0.15, 0.2) is 59.5 Å². The molecule has 4 rings (SSSR count). The minimum atomic E-state index is -3.77. The van der Waals surface area contributed by atoms with Gasteiger partial charge in [0.1, 0.15) is 5.69 Å². The number of rotatable bonds is 6. The molecule has 172 valence electrons. The number of carbonyl (C=O) groups is 2. The number of halogens is 1. The van der Waals surface area contributed by atoms with Gasteiger partial charge in [-0.2, -0.15) is 4.31 Å². The predicted octanol–water partition coefficient (Wildman–Crippen LogP) is 2.70. The molecule has 0 saturated carbocycles. The lowest BCUT2D eigenvalue weighted by Gasteiger charge is -2.26. The van der Waals surface area contributed by atoms with E-state index in [0.717, 1.165) is 5.39 Å². The zero-order valence-corrected chi connectivity index (χ0v) is 18.9. The number of anilines is 1. The quantitative estimate of drug-likeness (QED) is 0.529. The number of ether oxygens (including phenoxy) is 2. The van der Waals surface area contributed by atoms with Crippen LogP contribution >= 0.6 is 11.6 Å². The molecule has 33 heavy (non-hydrogen) atoms. The molecular weight excluding hydrogens is 470 g/mol. The highest BCUT2D eigenvalue weighted by molar-refractivity contribution is 7.89. The van der Waals surface area contributed by atoms with Gasteiger partial charge < -0.3 is 14.8 Å². The number of nitrogens with one attached hydrogen (secondary N) is 1. The van der Waals surface area contributed by atoms with E-state index in [1.165, 1.54) is 28.6 Å². The highest BCUT2D eigenvalue weighted by Gasteiger charge is 2.27. The molecule has 0 unspecified atom stereocenters. The highest BCUT2D eigenvalue weighted by Crippen LogP contribution is 2.27. The van der Waals surface area contributed by atoms with Crippen LogP contribution in [-0.4, -0.2) is 62.5 Å². The number of esters is 1. The molecule has 0 radical (unpaired) electrons. The molecule has 11 heteroatoms. The summed E-state index contributed by atoms with van der Waals surface area (Å²) < 4.78 is 37.2. The van der Waals surface area contributed by atoms with E-state index in [0.29, 0.717) is 18.7 Å². The number of nitrogens with zero attached hydrogens (tertiary/aromatic N) is 2. The van der Waals surface area contributed by atoms with Crippen molar-refractivity contribution in [2.24, 2.45) is 0 Å². The fourth-order valence-electron chi connectivity index (χ4n) is 3.27. The van der Waals surface area contributed by atoms with Crippen molar-refractivity contribution in [2.75, 3.05) is 38.2 Å². The van der Waals surface area contributed by atoms with E-state index in [4.69, 9.17) is 21.1 Å². The van der Waals surface area contributed by atoms with Crippen molar-refractivity contribution in [3.8, 4) is 0 Å². The van der Waals surface area contributed by atoms with Gasteiger partial charge in [0.25, 0.3) is 5.91 Å².